The Morgan fingerprint density at radius 3 is 2.79 bits per heavy atom. The first-order valence-electron chi connectivity index (χ1n) is 4.62. The van der Waals surface area contributed by atoms with Gasteiger partial charge in [-0.25, -0.2) is 0 Å². The number of aliphatic hydroxyl groups excluding tert-OH is 3. The molecule has 0 aromatic heterocycles. The minimum Gasteiger partial charge on any atom is -0.394 e. The number of aliphatic hydroxyl groups is 3. The van der Waals surface area contributed by atoms with E-state index in [-0.39, 0.29) is 18.6 Å². The minimum atomic E-state index is -1.05. The Morgan fingerprint density at radius 1 is 1.43 bits per heavy atom. The van der Waals surface area contributed by atoms with Crippen LogP contribution in [0.1, 0.15) is 6.42 Å². The highest BCUT2D eigenvalue weighted by molar-refractivity contribution is 5.89. The van der Waals surface area contributed by atoms with Gasteiger partial charge in [0.2, 0.25) is 5.91 Å². The lowest BCUT2D eigenvalue weighted by molar-refractivity contribution is -0.131. The van der Waals surface area contributed by atoms with Gasteiger partial charge in [0.15, 0.2) is 0 Å². The number of rotatable bonds is 1. The van der Waals surface area contributed by atoms with Crippen LogP contribution in [-0.4, -0.2) is 57.0 Å². The van der Waals surface area contributed by atoms with Gasteiger partial charge in [0.1, 0.15) is 12.2 Å². The van der Waals surface area contributed by atoms with Crippen LogP contribution in [0.25, 0.3) is 0 Å². The summed E-state index contributed by atoms with van der Waals surface area (Å²) in [6.07, 6.45) is 1.61. The third-order valence-corrected chi connectivity index (χ3v) is 2.93. The highest BCUT2D eigenvalue weighted by atomic mass is 16.3. The van der Waals surface area contributed by atoms with E-state index in [0.29, 0.717) is 6.42 Å². The zero-order valence-electron chi connectivity index (χ0n) is 7.58. The maximum absolute atomic E-state index is 11.4. The zero-order valence-corrected chi connectivity index (χ0v) is 7.58. The number of carbonyl (C=O) groups is 1. The molecule has 0 unspecified atom stereocenters. The maximum atomic E-state index is 11.4. The van der Waals surface area contributed by atoms with Crippen molar-refractivity contribution in [1.29, 1.82) is 0 Å². The van der Waals surface area contributed by atoms with Gasteiger partial charge in [-0.05, 0) is 12.5 Å². The summed E-state index contributed by atoms with van der Waals surface area (Å²) in [5.74, 6) is -0.254. The van der Waals surface area contributed by atoms with Crippen molar-refractivity contribution < 1.29 is 20.1 Å². The van der Waals surface area contributed by atoms with Gasteiger partial charge in [0, 0.05) is 0 Å². The van der Waals surface area contributed by atoms with Crippen LogP contribution in [0.5, 0.6) is 0 Å². The van der Waals surface area contributed by atoms with Crippen LogP contribution in [0, 0.1) is 0 Å². The fourth-order valence-corrected chi connectivity index (χ4v) is 2.20. The molecular formula is C9H13NO4. The lowest BCUT2D eigenvalue weighted by Crippen LogP contribution is -2.46. The molecule has 14 heavy (non-hydrogen) atoms. The first kappa shape index (κ1) is 9.64. The van der Waals surface area contributed by atoms with E-state index >= 15 is 0 Å². The Kier molecular flexibility index (Phi) is 2.30. The Hall–Kier alpha value is -0.910. The van der Waals surface area contributed by atoms with Crippen molar-refractivity contribution in [3.05, 3.63) is 12.2 Å². The molecule has 78 valence electrons. The van der Waals surface area contributed by atoms with Crippen LogP contribution in [0.2, 0.25) is 0 Å². The summed E-state index contributed by atoms with van der Waals surface area (Å²) in [7, 11) is 0. The number of amides is 1. The summed E-state index contributed by atoms with van der Waals surface area (Å²) in [5, 5.41) is 28.2. The quantitative estimate of drug-likeness (QED) is 0.467. The van der Waals surface area contributed by atoms with Crippen LogP contribution in [0.15, 0.2) is 12.2 Å². The molecule has 4 atom stereocenters. The standard InChI is InChI=1S/C9H13NO4/c11-4-6-9(14)8(13)5-2-1-3-7(12)10(5)6/h1,3,5-6,8-9,11,13-14H,2,4H2/t5-,6+,8-,9+/m0/s1. The molecule has 2 heterocycles. The minimum absolute atomic E-state index is 0.254. The SMILES string of the molecule is O=C1C=CC[C@H]2[C@H](O)[C@H](O)[C@@H](CO)N12. The number of nitrogens with zero attached hydrogens (tertiary/aromatic N) is 1. The van der Waals surface area contributed by atoms with E-state index in [1.165, 1.54) is 11.0 Å². The van der Waals surface area contributed by atoms with Crippen LogP contribution in [0.3, 0.4) is 0 Å². The molecule has 2 aliphatic rings. The van der Waals surface area contributed by atoms with Crippen molar-refractivity contribution in [1.82, 2.24) is 4.90 Å². The highest BCUT2D eigenvalue weighted by Gasteiger charge is 2.49. The second kappa shape index (κ2) is 3.34. The molecule has 0 aromatic carbocycles. The number of hydrogen-bond acceptors (Lipinski definition) is 4. The third-order valence-electron chi connectivity index (χ3n) is 2.93. The summed E-state index contributed by atoms with van der Waals surface area (Å²) in [6, 6.07) is -1.06. The van der Waals surface area contributed by atoms with Crippen molar-refractivity contribution in [3.8, 4) is 0 Å². The number of hydrogen-bond donors (Lipinski definition) is 3. The Morgan fingerprint density at radius 2 is 2.14 bits per heavy atom. The molecule has 1 amide bonds. The van der Waals surface area contributed by atoms with Gasteiger partial charge in [-0.15, -0.1) is 0 Å². The number of fused-ring (bicyclic) bond motifs is 1. The van der Waals surface area contributed by atoms with Gasteiger partial charge in [0.05, 0.1) is 18.7 Å². The molecule has 5 nitrogen and oxygen atoms in total. The van der Waals surface area contributed by atoms with E-state index < -0.39 is 18.2 Å². The first-order chi connectivity index (χ1) is 6.66. The van der Waals surface area contributed by atoms with Gasteiger partial charge >= 0.3 is 0 Å². The van der Waals surface area contributed by atoms with Crippen LogP contribution in [0.4, 0.5) is 0 Å². The van der Waals surface area contributed by atoms with Crippen LogP contribution < -0.4 is 0 Å². The van der Waals surface area contributed by atoms with E-state index in [1.807, 2.05) is 0 Å². The van der Waals surface area contributed by atoms with Gasteiger partial charge in [-0.1, -0.05) is 6.08 Å². The van der Waals surface area contributed by atoms with E-state index in [4.69, 9.17) is 5.11 Å². The molecule has 0 bridgehead atoms. The van der Waals surface area contributed by atoms with Crippen molar-refractivity contribution in [2.75, 3.05) is 6.61 Å². The summed E-state index contributed by atoms with van der Waals surface area (Å²) in [5.41, 5.74) is 0. The smallest absolute Gasteiger partial charge is 0.247 e. The topological polar surface area (TPSA) is 81.0 Å². The van der Waals surface area contributed by atoms with E-state index in [1.54, 1.807) is 6.08 Å². The molecule has 1 fully saturated rings. The second-order valence-corrected chi connectivity index (χ2v) is 3.68. The lowest BCUT2D eigenvalue weighted by Gasteiger charge is -2.30. The Bertz CT molecular complexity index is 278. The fraction of sp³-hybridized carbons (Fsp3) is 0.667. The van der Waals surface area contributed by atoms with Crippen molar-refractivity contribution >= 4 is 5.91 Å². The normalized spacial score (nSPS) is 41.6. The van der Waals surface area contributed by atoms with Crippen molar-refractivity contribution in [2.45, 2.75) is 30.7 Å². The average Bonchev–Trinajstić information content (AvgIpc) is 2.43. The van der Waals surface area contributed by atoms with Crippen molar-refractivity contribution in [2.24, 2.45) is 0 Å². The molecule has 2 aliphatic heterocycles. The third kappa shape index (κ3) is 1.17. The van der Waals surface area contributed by atoms with Crippen LogP contribution in [-0.2, 0) is 4.79 Å². The molecule has 0 aromatic rings. The van der Waals surface area contributed by atoms with E-state index in [2.05, 4.69) is 0 Å². The van der Waals surface area contributed by atoms with Gasteiger partial charge < -0.3 is 20.2 Å². The highest BCUT2D eigenvalue weighted by Crippen LogP contribution is 2.30. The predicted octanol–water partition coefficient (Wildman–Crippen LogP) is -1.76. The molecule has 0 radical (unpaired) electrons. The van der Waals surface area contributed by atoms with Crippen molar-refractivity contribution in [3.63, 3.8) is 0 Å². The zero-order chi connectivity index (χ0) is 10.3. The summed E-state index contributed by atoms with van der Waals surface area (Å²) in [4.78, 5) is 12.8. The molecule has 1 saturated heterocycles. The maximum Gasteiger partial charge on any atom is 0.247 e. The average molecular weight is 199 g/mol. The predicted molar refractivity (Wildman–Crippen MR) is 47.3 cm³/mol. The molecule has 0 saturated carbocycles. The molecule has 5 heteroatoms. The van der Waals surface area contributed by atoms with Gasteiger partial charge in [0.25, 0.3) is 0 Å². The van der Waals surface area contributed by atoms with Gasteiger partial charge in [-0.3, -0.25) is 4.79 Å². The molecule has 2 rings (SSSR count). The van der Waals surface area contributed by atoms with E-state index in [9.17, 15) is 15.0 Å². The van der Waals surface area contributed by atoms with E-state index in [0.717, 1.165) is 0 Å². The summed E-state index contributed by atoms with van der Waals surface area (Å²) in [6.45, 7) is -0.325. The fourth-order valence-electron chi connectivity index (χ4n) is 2.20. The summed E-state index contributed by atoms with van der Waals surface area (Å²) < 4.78 is 0. The molecule has 3 N–H and O–H groups in total. The molecular weight excluding hydrogens is 186 g/mol. The Labute approximate surface area is 81.3 Å². The molecule has 0 aliphatic carbocycles. The lowest BCUT2D eigenvalue weighted by atomic mass is 10.0. The number of carbonyl (C=O) groups excluding carboxylic acids is 1. The monoisotopic (exact) mass is 199 g/mol. The van der Waals surface area contributed by atoms with Gasteiger partial charge in [-0.2, -0.15) is 0 Å². The second-order valence-electron chi connectivity index (χ2n) is 3.68. The summed E-state index contributed by atoms with van der Waals surface area (Å²) >= 11 is 0. The first-order valence-corrected chi connectivity index (χ1v) is 4.62. The Balaban J connectivity index is 2.30. The molecule has 0 spiro atoms. The van der Waals surface area contributed by atoms with Crippen LogP contribution >= 0.6 is 0 Å². The largest absolute Gasteiger partial charge is 0.394 e.